The van der Waals surface area contributed by atoms with E-state index in [2.05, 4.69) is 20.6 Å². The number of rotatable bonds is 4. The zero-order valence-corrected chi connectivity index (χ0v) is 13.2. The van der Waals surface area contributed by atoms with Crippen molar-refractivity contribution in [2.75, 3.05) is 17.4 Å². The first-order valence-corrected chi connectivity index (χ1v) is 7.65. The number of nitrogens with one attached hydrogen (secondary N) is 2. The highest BCUT2D eigenvalue weighted by molar-refractivity contribution is 6.30. The van der Waals surface area contributed by atoms with Crippen molar-refractivity contribution in [3.05, 3.63) is 59.9 Å². The second kappa shape index (κ2) is 6.25. The van der Waals surface area contributed by atoms with Crippen molar-refractivity contribution in [2.45, 2.75) is 0 Å². The van der Waals surface area contributed by atoms with Crippen molar-refractivity contribution >= 4 is 34.6 Å². The van der Waals surface area contributed by atoms with E-state index >= 15 is 0 Å². The van der Waals surface area contributed by atoms with E-state index in [1.54, 1.807) is 0 Å². The average molecular weight is 341 g/mol. The van der Waals surface area contributed by atoms with Crippen LogP contribution in [0.5, 0.6) is 11.5 Å². The molecule has 0 fully saturated rings. The van der Waals surface area contributed by atoms with Crippen LogP contribution in [0.2, 0.25) is 5.02 Å². The fourth-order valence-corrected chi connectivity index (χ4v) is 2.42. The van der Waals surface area contributed by atoms with E-state index < -0.39 is 0 Å². The number of benzene rings is 2. The summed E-state index contributed by atoms with van der Waals surface area (Å²) in [5, 5.41) is 7.11. The first-order valence-electron chi connectivity index (χ1n) is 7.27. The molecule has 120 valence electrons. The van der Waals surface area contributed by atoms with Crippen LogP contribution in [0.1, 0.15) is 0 Å². The summed E-state index contributed by atoms with van der Waals surface area (Å²) in [6.45, 7) is 0.251. The number of aromatic nitrogens is 2. The van der Waals surface area contributed by atoms with Gasteiger partial charge in [-0.3, -0.25) is 0 Å². The molecule has 4 rings (SSSR count). The van der Waals surface area contributed by atoms with Gasteiger partial charge in [-0.1, -0.05) is 11.6 Å². The smallest absolute Gasteiger partial charge is 0.231 e. The molecule has 0 saturated carbocycles. The monoisotopic (exact) mass is 340 g/mol. The molecule has 0 aliphatic carbocycles. The van der Waals surface area contributed by atoms with Crippen molar-refractivity contribution in [1.82, 2.24) is 9.97 Å². The molecular formula is C17H13ClN4O2. The van der Waals surface area contributed by atoms with Crippen LogP contribution in [0.4, 0.5) is 23.0 Å². The summed E-state index contributed by atoms with van der Waals surface area (Å²) in [6.07, 6.45) is 1.49. The molecule has 0 unspecified atom stereocenters. The fraction of sp³-hybridized carbons (Fsp3) is 0.0588. The van der Waals surface area contributed by atoms with Crippen LogP contribution in [0.3, 0.4) is 0 Å². The van der Waals surface area contributed by atoms with E-state index in [4.69, 9.17) is 21.1 Å². The Morgan fingerprint density at radius 3 is 2.25 bits per heavy atom. The van der Waals surface area contributed by atoms with Crippen molar-refractivity contribution in [2.24, 2.45) is 0 Å². The summed E-state index contributed by atoms with van der Waals surface area (Å²) in [5.74, 6) is 2.80. The molecule has 0 radical (unpaired) electrons. The highest BCUT2D eigenvalue weighted by Gasteiger charge is 2.13. The molecule has 2 N–H and O–H groups in total. The molecule has 0 amide bonds. The molecule has 1 aromatic heterocycles. The van der Waals surface area contributed by atoms with Crippen LogP contribution in [0.25, 0.3) is 0 Å². The van der Waals surface area contributed by atoms with Crippen molar-refractivity contribution in [3.63, 3.8) is 0 Å². The largest absolute Gasteiger partial charge is 0.454 e. The molecule has 0 spiro atoms. The minimum Gasteiger partial charge on any atom is -0.454 e. The van der Waals surface area contributed by atoms with E-state index in [1.165, 1.54) is 6.33 Å². The Kier molecular flexibility index (Phi) is 3.80. The normalized spacial score (nSPS) is 12.0. The first-order chi connectivity index (χ1) is 11.8. The third-order valence-electron chi connectivity index (χ3n) is 3.43. The SMILES string of the molecule is Clc1ccc(Nc2cc(Nc3ccc4c(c3)OCO4)ncn2)cc1. The van der Waals surface area contributed by atoms with Crippen molar-refractivity contribution in [3.8, 4) is 11.5 Å². The van der Waals surface area contributed by atoms with Gasteiger partial charge in [-0.05, 0) is 36.4 Å². The van der Waals surface area contributed by atoms with E-state index in [-0.39, 0.29) is 6.79 Å². The highest BCUT2D eigenvalue weighted by Crippen LogP contribution is 2.35. The number of halogens is 1. The van der Waals surface area contributed by atoms with Gasteiger partial charge in [-0.15, -0.1) is 0 Å². The van der Waals surface area contributed by atoms with Crippen molar-refractivity contribution in [1.29, 1.82) is 0 Å². The number of hydrogen-bond acceptors (Lipinski definition) is 6. The summed E-state index contributed by atoms with van der Waals surface area (Å²) in [7, 11) is 0. The number of anilines is 4. The topological polar surface area (TPSA) is 68.3 Å². The second-order valence-corrected chi connectivity index (χ2v) is 5.55. The Labute approximate surface area is 143 Å². The van der Waals surface area contributed by atoms with Gasteiger partial charge in [-0.25, -0.2) is 9.97 Å². The lowest BCUT2D eigenvalue weighted by Crippen LogP contribution is -1.98. The maximum absolute atomic E-state index is 5.89. The van der Waals surface area contributed by atoms with Gasteiger partial charge in [0.1, 0.15) is 18.0 Å². The highest BCUT2D eigenvalue weighted by atomic mass is 35.5. The minimum atomic E-state index is 0.251. The zero-order valence-electron chi connectivity index (χ0n) is 12.5. The molecule has 0 saturated heterocycles. The van der Waals surface area contributed by atoms with Crippen molar-refractivity contribution < 1.29 is 9.47 Å². The first kappa shape index (κ1) is 14.6. The van der Waals surface area contributed by atoms with E-state index in [0.29, 0.717) is 22.4 Å². The standard InChI is InChI=1S/C17H13ClN4O2/c18-11-1-3-12(4-2-11)21-16-8-17(20-9-19-16)22-13-5-6-14-15(7-13)24-10-23-14/h1-9H,10H2,(H2,19,20,21,22). The van der Waals surface area contributed by atoms with Gasteiger partial charge in [0.15, 0.2) is 11.5 Å². The van der Waals surface area contributed by atoms with E-state index in [0.717, 1.165) is 17.1 Å². The van der Waals surface area contributed by atoms with E-state index in [1.807, 2.05) is 48.5 Å². The third-order valence-corrected chi connectivity index (χ3v) is 3.68. The van der Waals surface area contributed by atoms with Gasteiger partial charge in [-0.2, -0.15) is 0 Å². The molecule has 24 heavy (non-hydrogen) atoms. The summed E-state index contributed by atoms with van der Waals surface area (Å²) >= 11 is 5.89. The molecule has 7 heteroatoms. The Hall–Kier alpha value is -2.99. The number of fused-ring (bicyclic) bond motifs is 1. The van der Waals surface area contributed by atoms with Gasteiger partial charge < -0.3 is 20.1 Å². The molecule has 3 aromatic rings. The quantitative estimate of drug-likeness (QED) is 0.736. The number of hydrogen-bond donors (Lipinski definition) is 2. The van der Waals surface area contributed by atoms with Crippen LogP contribution in [0, 0.1) is 0 Å². The second-order valence-electron chi connectivity index (χ2n) is 5.11. The number of nitrogens with zero attached hydrogens (tertiary/aromatic N) is 2. The van der Waals surface area contributed by atoms with Crippen LogP contribution in [-0.4, -0.2) is 16.8 Å². The lowest BCUT2D eigenvalue weighted by atomic mass is 10.3. The maximum Gasteiger partial charge on any atom is 0.231 e. The number of ether oxygens (including phenoxy) is 2. The minimum absolute atomic E-state index is 0.251. The molecule has 6 nitrogen and oxygen atoms in total. The average Bonchev–Trinajstić information content (AvgIpc) is 3.05. The van der Waals surface area contributed by atoms with Gasteiger partial charge in [0.2, 0.25) is 6.79 Å². The lowest BCUT2D eigenvalue weighted by Gasteiger charge is -2.09. The van der Waals surface area contributed by atoms with Gasteiger partial charge in [0, 0.05) is 28.5 Å². The molecule has 0 atom stereocenters. The molecule has 1 aliphatic rings. The summed E-state index contributed by atoms with van der Waals surface area (Å²) in [6, 6.07) is 14.9. The van der Waals surface area contributed by atoms with Gasteiger partial charge in [0.05, 0.1) is 0 Å². The van der Waals surface area contributed by atoms with Crippen LogP contribution >= 0.6 is 11.6 Å². The molecule has 2 aromatic carbocycles. The van der Waals surface area contributed by atoms with E-state index in [9.17, 15) is 0 Å². The predicted octanol–water partition coefficient (Wildman–Crippen LogP) is 4.35. The summed E-state index contributed by atoms with van der Waals surface area (Å²) in [5.41, 5.74) is 1.75. The zero-order chi connectivity index (χ0) is 16.4. The Bertz CT molecular complexity index is 871. The van der Waals surface area contributed by atoms with Crippen LogP contribution < -0.4 is 20.1 Å². The summed E-state index contributed by atoms with van der Waals surface area (Å²) in [4.78, 5) is 8.45. The Balaban J connectivity index is 1.51. The van der Waals surface area contributed by atoms with Crippen LogP contribution in [-0.2, 0) is 0 Å². The predicted molar refractivity (Wildman–Crippen MR) is 92.6 cm³/mol. The Morgan fingerprint density at radius 1 is 0.792 bits per heavy atom. The molecular weight excluding hydrogens is 328 g/mol. The van der Waals surface area contributed by atoms with Gasteiger partial charge in [0.25, 0.3) is 0 Å². The maximum atomic E-state index is 5.89. The molecule has 1 aliphatic heterocycles. The van der Waals surface area contributed by atoms with Crippen LogP contribution in [0.15, 0.2) is 54.9 Å². The third kappa shape index (κ3) is 3.18. The molecule has 2 heterocycles. The Morgan fingerprint density at radius 2 is 1.46 bits per heavy atom. The lowest BCUT2D eigenvalue weighted by molar-refractivity contribution is 0.174. The van der Waals surface area contributed by atoms with Gasteiger partial charge >= 0.3 is 0 Å². The fourth-order valence-electron chi connectivity index (χ4n) is 2.30. The summed E-state index contributed by atoms with van der Waals surface area (Å²) < 4.78 is 10.7. The molecule has 0 bridgehead atoms.